The molecule has 134 valence electrons. The molecule has 1 heterocycles. The molecule has 3 rings (SSSR count). The minimum Gasteiger partial charge on any atom is -0.380 e. The maximum atomic E-state index is 13.9. The molecule has 0 atom stereocenters. The first-order valence-electron chi connectivity index (χ1n) is 9.45. The summed E-state index contributed by atoms with van der Waals surface area (Å²) in [7, 11) is 1.59. The molecule has 0 saturated heterocycles. The molecule has 0 unspecified atom stereocenters. The number of rotatable bonds is 6. The predicted molar refractivity (Wildman–Crippen MR) is 100.0 cm³/mol. The van der Waals surface area contributed by atoms with Crippen LogP contribution < -0.4 is 0 Å². The van der Waals surface area contributed by atoms with E-state index in [0.29, 0.717) is 11.5 Å². The molecule has 2 nitrogen and oxygen atoms in total. The number of hydrogen-bond acceptors (Lipinski definition) is 2. The molecular formula is C22H28FNO. The fourth-order valence-corrected chi connectivity index (χ4v) is 4.15. The van der Waals surface area contributed by atoms with Crippen molar-refractivity contribution in [3.63, 3.8) is 0 Å². The fourth-order valence-electron chi connectivity index (χ4n) is 4.15. The minimum absolute atomic E-state index is 0.219. The Hall–Kier alpha value is -1.74. The summed E-state index contributed by atoms with van der Waals surface area (Å²) in [5.74, 6) is 1.23. The molecule has 0 N–H and O–H groups in total. The lowest BCUT2D eigenvalue weighted by Crippen LogP contribution is -2.14. The summed E-state index contributed by atoms with van der Waals surface area (Å²) in [5, 5.41) is 0. The van der Waals surface area contributed by atoms with Crippen molar-refractivity contribution in [3.8, 4) is 11.3 Å². The Morgan fingerprint density at radius 2 is 1.96 bits per heavy atom. The zero-order chi connectivity index (χ0) is 17.6. The molecule has 1 aliphatic rings. The third-order valence-corrected chi connectivity index (χ3v) is 5.44. The van der Waals surface area contributed by atoms with E-state index in [4.69, 9.17) is 4.74 Å². The van der Waals surface area contributed by atoms with E-state index in [0.717, 1.165) is 17.2 Å². The van der Waals surface area contributed by atoms with Gasteiger partial charge < -0.3 is 4.74 Å². The van der Waals surface area contributed by atoms with E-state index in [1.807, 2.05) is 24.4 Å². The topological polar surface area (TPSA) is 22.1 Å². The highest BCUT2D eigenvalue weighted by Crippen LogP contribution is 2.40. The molecule has 1 aromatic carbocycles. The van der Waals surface area contributed by atoms with Crippen LogP contribution in [0.25, 0.3) is 11.3 Å². The summed E-state index contributed by atoms with van der Waals surface area (Å²) in [6.45, 7) is 2.56. The van der Waals surface area contributed by atoms with Gasteiger partial charge in [0.1, 0.15) is 5.82 Å². The predicted octanol–water partition coefficient (Wildman–Crippen LogP) is 6.11. The van der Waals surface area contributed by atoms with E-state index >= 15 is 0 Å². The van der Waals surface area contributed by atoms with E-state index in [1.165, 1.54) is 50.2 Å². The van der Waals surface area contributed by atoms with Crippen LogP contribution in [0.4, 0.5) is 4.39 Å². The average molecular weight is 341 g/mol. The third kappa shape index (κ3) is 4.27. The molecule has 1 aliphatic carbocycles. The summed E-state index contributed by atoms with van der Waals surface area (Å²) in [6, 6.07) is 9.47. The van der Waals surface area contributed by atoms with Gasteiger partial charge in [-0.25, -0.2) is 4.39 Å². The van der Waals surface area contributed by atoms with Crippen LogP contribution in [-0.4, -0.2) is 12.1 Å². The van der Waals surface area contributed by atoms with E-state index in [2.05, 4.69) is 18.0 Å². The zero-order valence-electron chi connectivity index (χ0n) is 15.3. The highest BCUT2D eigenvalue weighted by molar-refractivity contribution is 5.64. The number of halogens is 1. The van der Waals surface area contributed by atoms with Gasteiger partial charge in [-0.3, -0.25) is 4.98 Å². The Bertz CT molecular complexity index is 692. The second kappa shape index (κ2) is 8.57. The lowest BCUT2D eigenvalue weighted by molar-refractivity contribution is 0.181. The van der Waals surface area contributed by atoms with Crippen LogP contribution in [0.1, 0.15) is 62.5 Å². The van der Waals surface area contributed by atoms with Gasteiger partial charge in [-0.2, -0.15) is 0 Å². The molecule has 2 aromatic rings. The normalized spacial score (nSPS) is 20.6. The van der Waals surface area contributed by atoms with Crippen LogP contribution in [-0.2, 0) is 11.3 Å². The van der Waals surface area contributed by atoms with Crippen molar-refractivity contribution in [3.05, 3.63) is 53.5 Å². The van der Waals surface area contributed by atoms with Crippen molar-refractivity contribution in [2.75, 3.05) is 7.11 Å². The molecule has 0 radical (unpaired) electrons. The third-order valence-electron chi connectivity index (χ3n) is 5.44. The first-order valence-corrected chi connectivity index (χ1v) is 9.45. The van der Waals surface area contributed by atoms with Crippen LogP contribution in [0.5, 0.6) is 0 Å². The van der Waals surface area contributed by atoms with Crippen molar-refractivity contribution in [2.45, 2.75) is 58.0 Å². The Kier molecular flexibility index (Phi) is 6.19. The van der Waals surface area contributed by atoms with Crippen molar-refractivity contribution < 1.29 is 9.13 Å². The fraction of sp³-hybridized carbons (Fsp3) is 0.500. The minimum atomic E-state index is -0.219. The molecule has 1 saturated carbocycles. The standard InChI is InChI=1S/C22H28FNO/c1-3-5-16-7-9-17(10-8-16)20-6-4-13-24-22(20)18-11-12-21(23)19(14-18)15-25-2/h4,6,11-14,16-17H,3,5,7-10,15H2,1-2H3. The van der Waals surface area contributed by atoms with Gasteiger partial charge in [0.2, 0.25) is 0 Å². The molecule has 3 heteroatoms. The largest absolute Gasteiger partial charge is 0.380 e. The Morgan fingerprint density at radius 3 is 2.68 bits per heavy atom. The Morgan fingerprint density at radius 1 is 1.16 bits per heavy atom. The number of hydrogen-bond donors (Lipinski definition) is 0. The van der Waals surface area contributed by atoms with Crippen LogP contribution in [0.2, 0.25) is 0 Å². The number of benzene rings is 1. The molecule has 0 aliphatic heterocycles. The monoisotopic (exact) mass is 341 g/mol. The molecule has 1 aromatic heterocycles. The lowest BCUT2D eigenvalue weighted by atomic mass is 9.76. The Labute approximate surface area is 150 Å². The molecule has 0 bridgehead atoms. The van der Waals surface area contributed by atoms with Gasteiger partial charge in [0.05, 0.1) is 12.3 Å². The van der Waals surface area contributed by atoms with Crippen molar-refractivity contribution in [2.24, 2.45) is 5.92 Å². The number of aromatic nitrogens is 1. The van der Waals surface area contributed by atoms with Gasteiger partial charge in [-0.15, -0.1) is 0 Å². The SMILES string of the molecule is CCCC1CCC(c2cccnc2-c2ccc(F)c(COC)c2)CC1. The van der Waals surface area contributed by atoms with E-state index in [1.54, 1.807) is 7.11 Å². The number of ether oxygens (including phenoxy) is 1. The van der Waals surface area contributed by atoms with Crippen molar-refractivity contribution in [1.29, 1.82) is 0 Å². The maximum absolute atomic E-state index is 13.9. The number of nitrogens with zero attached hydrogens (tertiary/aromatic N) is 1. The van der Waals surface area contributed by atoms with Crippen molar-refractivity contribution in [1.82, 2.24) is 4.98 Å². The zero-order valence-corrected chi connectivity index (χ0v) is 15.3. The molecule has 0 amide bonds. The quantitative estimate of drug-likeness (QED) is 0.632. The van der Waals surface area contributed by atoms with E-state index in [-0.39, 0.29) is 12.4 Å². The first kappa shape index (κ1) is 18.1. The summed E-state index contributed by atoms with van der Waals surface area (Å²) >= 11 is 0. The summed E-state index contributed by atoms with van der Waals surface area (Å²) in [6.07, 6.45) is 9.55. The smallest absolute Gasteiger partial charge is 0.128 e. The van der Waals surface area contributed by atoms with Gasteiger partial charge in [0.15, 0.2) is 0 Å². The molecule has 0 spiro atoms. The van der Waals surface area contributed by atoms with Gasteiger partial charge in [-0.05, 0) is 67.3 Å². The number of methoxy groups -OCH3 is 1. The van der Waals surface area contributed by atoms with E-state index < -0.39 is 0 Å². The van der Waals surface area contributed by atoms with Gasteiger partial charge in [0.25, 0.3) is 0 Å². The molecular weight excluding hydrogens is 313 g/mol. The van der Waals surface area contributed by atoms with Crippen LogP contribution in [0.3, 0.4) is 0 Å². The van der Waals surface area contributed by atoms with Gasteiger partial charge in [0, 0.05) is 24.4 Å². The molecule has 1 fully saturated rings. The highest BCUT2D eigenvalue weighted by Gasteiger charge is 2.24. The summed E-state index contributed by atoms with van der Waals surface area (Å²) in [4.78, 5) is 4.65. The second-order valence-electron chi connectivity index (χ2n) is 7.19. The first-order chi connectivity index (χ1) is 12.2. The maximum Gasteiger partial charge on any atom is 0.128 e. The highest BCUT2D eigenvalue weighted by atomic mass is 19.1. The van der Waals surface area contributed by atoms with Gasteiger partial charge in [-0.1, -0.05) is 25.8 Å². The lowest BCUT2D eigenvalue weighted by Gasteiger charge is -2.29. The van der Waals surface area contributed by atoms with E-state index in [9.17, 15) is 4.39 Å². The van der Waals surface area contributed by atoms with Crippen LogP contribution in [0, 0.1) is 11.7 Å². The average Bonchev–Trinajstić information content (AvgIpc) is 2.65. The summed E-state index contributed by atoms with van der Waals surface area (Å²) in [5.41, 5.74) is 3.88. The van der Waals surface area contributed by atoms with Crippen molar-refractivity contribution >= 4 is 0 Å². The van der Waals surface area contributed by atoms with Gasteiger partial charge >= 0.3 is 0 Å². The summed E-state index contributed by atoms with van der Waals surface area (Å²) < 4.78 is 19.1. The van der Waals surface area contributed by atoms with Crippen LogP contribution >= 0.6 is 0 Å². The van der Waals surface area contributed by atoms with Crippen LogP contribution in [0.15, 0.2) is 36.5 Å². The Balaban J connectivity index is 1.86. The second-order valence-corrected chi connectivity index (χ2v) is 7.19. The number of pyridine rings is 1. The molecule has 25 heavy (non-hydrogen) atoms.